The Kier molecular flexibility index (Phi) is 15.3. The normalized spacial score (nSPS) is 15.1. The van der Waals surface area contributed by atoms with Crippen LogP contribution in [0.25, 0.3) is 0 Å². The summed E-state index contributed by atoms with van der Waals surface area (Å²) < 4.78 is 44.4. The summed E-state index contributed by atoms with van der Waals surface area (Å²) in [7, 11) is 1.98. The van der Waals surface area contributed by atoms with Crippen LogP contribution in [0.3, 0.4) is 0 Å². The van der Waals surface area contributed by atoms with Crippen molar-refractivity contribution >= 4 is 30.5 Å². The highest BCUT2D eigenvalue weighted by Gasteiger charge is 2.24. The predicted molar refractivity (Wildman–Crippen MR) is 122 cm³/mol. The van der Waals surface area contributed by atoms with Gasteiger partial charge in [0.25, 0.3) is 5.92 Å². The largest absolute Gasteiger partial charge is 0.505 e. The topological polar surface area (TPSA) is 70.9 Å². The third kappa shape index (κ3) is 13.4. The van der Waals surface area contributed by atoms with Gasteiger partial charge >= 0.3 is 0 Å². The van der Waals surface area contributed by atoms with Gasteiger partial charge in [-0.05, 0) is 52.6 Å². The van der Waals surface area contributed by atoms with Gasteiger partial charge in [0.2, 0.25) is 0 Å². The SMILES string of the molecule is C=Nc1ccc(O)c(F)c1SCC(C)(F)F.CC=O.CNC(C)COC1CCCCC1. The number of hydrogen-bond acceptors (Lipinski definition) is 6. The minimum atomic E-state index is -2.92. The molecule has 1 atom stereocenters. The third-order valence-electron chi connectivity index (χ3n) is 4.32. The van der Waals surface area contributed by atoms with Crippen LogP contribution in [0, 0.1) is 5.82 Å². The van der Waals surface area contributed by atoms with Crippen molar-refractivity contribution in [3.05, 3.63) is 17.9 Å². The van der Waals surface area contributed by atoms with E-state index in [1.165, 1.54) is 45.1 Å². The molecule has 0 bridgehead atoms. The highest BCUT2D eigenvalue weighted by molar-refractivity contribution is 7.99. The Balaban J connectivity index is 0.000000531. The van der Waals surface area contributed by atoms with Gasteiger partial charge in [0.1, 0.15) is 6.29 Å². The highest BCUT2D eigenvalue weighted by atomic mass is 32.2. The molecule has 5 nitrogen and oxygen atoms in total. The van der Waals surface area contributed by atoms with E-state index in [0.29, 0.717) is 23.9 Å². The molecule has 2 rings (SSSR count). The zero-order valence-electron chi connectivity index (χ0n) is 18.8. The van der Waals surface area contributed by atoms with Gasteiger partial charge in [0.15, 0.2) is 11.6 Å². The summed E-state index contributed by atoms with van der Waals surface area (Å²) in [4.78, 5) is 12.2. The molecule has 1 saturated carbocycles. The standard InChI is InChI=1S/C10H10F3NOS.C10H21NO.C2H4O/c1-10(12,13)5-16-9-6(14-2)3-4-7(15)8(9)11;1-9(11-2)8-12-10-6-4-3-5-7-10;1-2-3/h3-4,15H,2,5H2,1H3;9-11H,3-8H2,1-2H3;2H,1H3. The van der Waals surface area contributed by atoms with Gasteiger partial charge in [-0.2, -0.15) is 0 Å². The fourth-order valence-corrected chi connectivity index (χ4v) is 3.50. The van der Waals surface area contributed by atoms with E-state index in [0.717, 1.165) is 25.9 Å². The molecular weight excluding hydrogens is 429 g/mol. The van der Waals surface area contributed by atoms with Gasteiger partial charge in [0.05, 0.1) is 29.0 Å². The summed E-state index contributed by atoms with van der Waals surface area (Å²) in [5, 5.41) is 12.3. The van der Waals surface area contributed by atoms with Crippen molar-refractivity contribution in [1.29, 1.82) is 0 Å². The van der Waals surface area contributed by atoms with Crippen molar-refractivity contribution < 1.29 is 27.8 Å². The molecule has 0 saturated heterocycles. The van der Waals surface area contributed by atoms with Crippen LogP contribution in [-0.2, 0) is 9.53 Å². The van der Waals surface area contributed by atoms with E-state index >= 15 is 0 Å². The Morgan fingerprint density at radius 2 is 1.97 bits per heavy atom. The molecule has 0 heterocycles. The number of halogens is 3. The number of aliphatic imine (C=N–C) groups is 1. The van der Waals surface area contributed by atoms with Crippen molar-refractivity contribution in [3.63, 3.8) is 0 Å². The van der Waals surface area contributed by atoms with Crippen LogP contribution in [0.2, 0.25) is 0 Å². The molecule has 1 fully saturated rings. The molecule has 9 heteroatoms. The molecule has 1 aliphatic rings. The number of hydrogen-bond donors (Lipinski definition) is 2. The first-order valence-electron chi connectivity index (χ1n) is 10.3. The number of aldehydes is 1. The summed E-state index contributed by atoms with van der Waals surface area (Å²) in [6.07, 6.45) is 7.97. The number of aromatic hydroxyl groups is 1. The van der Waals surface area contributed by atoms with Crippen LogP contribution in [0.4, 0.5) is 18.9 Å². The molecular formula is C22H35F3N2O3S. The fourth-order valence-electron chi connectivity index (χ4n) is 2.59. The van der Waals surface area contributed by atoms with Crippen molar-refractivity contribution in [1.82, 2.24) is 5.32 Å². The molecule has 0 amide bonds. The number of carbonyl (C=O) groups excluding carboxylic acids is 1. The van der Waals surface area contributed by atoms with E-state index in [1.807, 2.05) is 7.05 Å². The molecule has 1 aromatic carbocycles. The van der Waals surface area contributed by atoms with Crippen LogP contribution in [0.5, 0.6) is 5.75 Å². The maximum Gasteiger partial charge on any atom is 0.254 e. The predicted octanol–water partition coefficient (Wildman–Crippen LogP) is 5.76. The summed E-state index contributed by atoms with van der Waals surface area (Å²) in [5.41, 5.74) is 0.143. The minimum Gasteiger partial charge on any atom is -0.505 e. The zero-order valence-corrected chi connectivity index (χ0v) is 19.6. The Labute approximate surface area is 187 Å². The molecule has 0 aliphatic heterocycles. The van der Waals surface area contributed by atoms with Crippen LogP contribution in [-0.4, -0.2) is 55.6 Å². The molecule has 31 heavy (non-hydrogen) atoms. The second kappa shape index (κ2) is 16.1. The van der Waals surface area contributed by atoms with Crippen LogP contribution < -0.4 is 5.32 Å². The van der Waals surface area contributed by atoms with Crippen molar-refractivity contribution in [2.75, 3.05) is 19.4 Å². The molecule has 0 aromatic heterocycles. The molecule has 1 aliphatic carbocycles. The van der Waals surface area contributed by atoms with Crippen molar-refractivity contribution in [2.45, 2.75) is 75.8 Å². The lowest BCUT2D eigenvalue weighted by molar-refractivity contribution is -0.106. The van der Waals surface area contributed by atoms with Gasteiger partial charge in [-0.15, -0.1) is 11.8 Å². The molecule has 1 unspecified atom stereocenters. The second-order valence-corrected chi connectivity index (χ2v) is 8.27. The number of likely N-dealkylation sites (N-methyl/N-ethyl adjacent to an activating group) is 1. The lowest BCUT2D eigenvalue weighted by Gasteiger charge is -2.23. The summed E-state index contributed by atoms with van der Waals surface area (Å²) in [6.45, 7) is 8.41. The number of phenols is 1. The Hall–Kier alpha value is -1.58. The van der Waals surface area contributed by atoms with E-state index in [9.17, 15) is 13.2 Å². The number of benzene rings is 1. The van der Waals surface area contributed by atoms with Gasteiger partial charge in [-0.3, -0.25) is 4.99 Å². The van der Waals surface area contributed by atoms with Gasteiger partial charge in [-0.1, -0.05) is 19.3 Å². The zero-order chi connectivity index (χ0) is 23.9. The smallest absolute Gasteiger partial charge is 0.254 e. The number of carbonyl (C=O) groups is 1. The van der Waals surface area contributed by atoms with Gasteiger partial charge < -0.3 is 20.0 Å². The monoisotopic (exact) mass is 464 g/mol. The number of nitrogens with one attached hydrogen (secondary N) is 1. The molecule has 178 valence electrons. The number of thioether (sulfide) groups is 1. The number of ether oxygens (including phenoxy) is 1. The van der Waals surface area contributed by atoms with Crippen LogP contribution in [0.1, 0.15) is 52.9 Å². The first-order valence-corrected chi connectivity index (χ1v) is 11.3. The average Bonchev–Trinajstić information content (AvgIpc) is 2.74. The number of rotatable bonds is 8. The molecule has 1 aromatic rings. The van der Waals surface area contributed by atoms with E-state index in [2.05, 4.69) is 24.0 Å². The van der Waals surface area contributed by atoms with Gasteiger partial charge in [0, 0.05) is 13.0 Å². The van der Waals surface area contributed by atoms with Crippen molar-refractivity contribution in [2.24, 2.45) is 4.99 Å². The van der Waals surface area contributed by atoms with E-state index in [4.69, 9.17) is 14.6 Å². The summed E-state index contributed by atoms with van der Waals surface area (Å²) >= 11 is 0.601. The van der Waals surface area contributed by atoms with Gasteiger partial charge in [-0.25, -0.2) is 13.2 Å². The van der Waals surface area contributed by atoms with E-state index < -0.39 is 23.2 Å². The Bertz CT molecular complexity index is 652. The van der Waals surface area contributed by atoms with Crippen molar-refractivity contribution in [3.8, 4) is 5.75 Å². The number of nitrogens with zero attached hydrogens (tertiary/aromatic N) is 1. The molecule has 0 spiro atoms. The molecule has 2 N–H and O–H groups in total. The van der Waals surface area contributed by atoms with E-state index in [1.54, 1.807) is 0 Å². The van der Waals surface area contributed by atoms with Crippen LogP contribution >= 0.6 is 11.8 Å². The summed E-state index contributed by atoms with van der Waals surface area (Å²) in [6, 6.07) is 2.92. The first-order chi connectivity index (χ1) is 14.6. The maximum atomic E-state index is 13.4. The second-order valence-electron chi connectivity index (χ2n) is 7.28. The number of phenolic OH excluding ortho intramolecular Hbond substituents is 1. The highest BCUT2D eigenvalue weighted by Crippen LogP contribution is 2.38. The minimum absolute atomic E-state index is 0.114. The summed E-state index contributed by atoms with van der Waals surface area (Å²) in [5.74, 6) is -5.04. The Morgan fingerprint density at radius 3 is 2.45 bits per heavy atom. The number of alkyl halides is 2. The third-order valence-corrected chi connectivity index (χ3v) is 5.65. The lowest BCUT2D eigenvalue weighted by atomic mass is 9.98. The quantitative estimate of drug-likeness (QED) is 0.291. The van der Waals surface area contributed by atoms with Crippen LogP contribution in [0.15, 0.2) is 22.0 Å². The maximum absolute atomic E-state index is 13.4. The molecule has 0 radical (unpaired) electrons. The first kappa shape index (κ1) is 29.4. The fraction of sp³-hybridized carbons (Fsp3) is 0.636. The lowest BCUT2D eigenvalue weighted by Crippen LogP contribution is -2.30. The average molecular weight is 465 g/mol. The Morgan fingerprint density at radius 1 is 1.39 bits per heavy atom. The van der Waals surface area contributed by atoms with E-state index in [-0.39, 0.29) is 10.6 Å².